The van der Waals surface area contributed by atoms with E-state index in [2.05, 4.69) is 28.9 Å². The van der Waals surface area contributed by atoms with E-state index >= 15 is 0 Å². The smallest absolute Gasteiger partial charge is 0.161 e. The predicted octanol–water partition coefficient (Wildman–Crippen LogP) is 2.02. The van der Waals surface area contributed by atoms with Gasteiger partial charge in [-0.05, 0) is 45.4 Å². The first-order chi connectivity index (χ1) is 9.15. The van der Waals surface area contributed by atoms with Gasteiger partial charge in [-0.15, -0.1) is 10.2 Å². The van der Waals surface area contributed by atoms with E-state index in [1.54, 1.807) is 18.3 Å². The van der Waals surface area contributed by atoms with Gasteiger partial charge < -0.3 is 10.0 Å². The molecule has 0 spiro atoms. The number of likely N-dealkylation sites (tertiary alicyclic amines) is 1. The Bertz CT molecular complexity index is 578. The van der Waals surface area contributed by atoms with Crippen molar-refractivity contribution in [2.45, 2.75) is 38.6 Å². The third kappa shape index (κ3) is 2.30. The van der Waals surface area contributed by atoms with Crippen LogP contribution >= 0.6 is 0 Å². The number of rotatable bonds is 2. The number of hydrogen-bond donors (Lipinski definition) is 1. The summed E-state index contributed by atoms with van der Waals surface area (Å²) in [4.78, 5) is 2.48. The average Bonchev–Trinajstić information content (AvgIpc) is 2.81. The Morgan fingerprint density at radius 3 is 2.95 bits per heavy atom. The van der Waals surface area contributed by atoms with Gasteiger partial charge in [-0.25, -0.2) is 0 Å². The average molecular weight is 260 g/mol. The molecule has 0 radical (unpaired) electrons. The van der Waals surface area contributed by atoms with E-state index in [4.69, 9.17) is 0 Å². The molecule has 0 saturated carbocycles. The van der Waals surface area contributed by atoms with Crippen molar-refractivity contribution in [1.82, 2.24) is 19.5 Å². The van der Waals surface area contributed by atoms with Crippen LogP contribution in [0.15, 0.2) is 18.3 Å². The first-order valence-electron chi connectivity index (χ1n) is 6.93. The Kier molecular flexibility index (Phi) is 3.14. The van der Waals surface area contributed by atoms with Crippen molar-refractivity contribution in [2.24, 2.45) is 0 Å². The van der Waals surface area contributed by atoms with Crippen LogP contribution in [0, 0.1) is 0 Å². The number of pyridine rings is 1. The molecule has 0 amide bonds. The molecule has 2 aromatic heterocycles. The van der Waals surface area contributed by atoms with E-state index in [0.29, 0.717) is 12.0 Å². The first-order valence-corrected chi connectivity index (χ1v) is 6.93. The van der Waals surface area contributed by atoms with Gasteiger partial charge in [-0.2, -0.15) is 0 Å². The highest BCUT2D eigenvalue weighted by atomic mass is 16.3. The minimum Gasteiger partial charge on any atom is -0.506 e. The lowest BCUT2D eigenvalue weighted by atomic mass is 9.96. The standard InChI is InChI=1S/C14H20N4O/c1-10(2)17-7-3-4-11(8-17)14-16-15-13-6-5-12(19)9-18(13)14/h5-6,9-11,19H,3-4,7-8H2,1-2H3. The molecule has 1 unspecified atom stereocenters. The fraction of sp³-hybridized carbons (Fsp3) is 0.571. The summed E-state index contributed by atoms with van der Waals surface area (Å²) in [6, 6.07) is 4.01. The minimum absolute atomic E-state index is 0.255. The van der Waals surface area contributed by atoms with Crippen LogP contribution in [-0.4, -0.2) is 43.7 Å². The van der Waals surface area contributed by atoms with Crippen molar-refractivity contribution in [2.75, 3.05) is 13.1 Å². The van der Waals surface area contributed by atoms with Crippen LogP contribution in [0.4, 0.5) is 0 Å². The Labute approximate surface area is 112 Å². The summed E-state index contributed by atoms with van der Waals surface area (Å²) < 4.78 is 1.92. The molecule has 1 saturated heterocycles. The number of aromatic nitrogens is 3. The van der Waals surface area contributed by atoms with Crippen molar-refractivity contribution in [3.8, 4) is 5.75 Å². The Hall–Kier alpha value is -1.62. The van der Waals surface area contributed by atoms with Crippen LogP contribution in [-0.2, 0) is 0 Å². The molecule has 102 valence electrons. The van der Waals surface area contributed by atoms with E-state index in [0.717, 1.165) is 31.0 Å². The topological polar surface area (TPSA) is 53.7 Å². The van der Waals surface area contributed by atoms with Gasteiger partial charge in [0.2, 0.25) is 0 Å². The van der Waals surface area contributed by atoms with Crippen LogP contribution < -0.4 is 0 Å². The Balaban J connectivity index is 1.93. The molecule has 3 heterocycles. The molecule has 1 N–H and O–H groups in total. The molecule has 2 aromatic rings. The fourth-order valence-corrected chi connectivity index (χ4v) is 2.86. The first kappa shape index (κ1) is 12.4. The van der Waals surface area contributed by atoms with Crippen molar-refractivity contribution < 1.29 is 5.11 Å². The van der Waals surface area contributed by atoms with Crippen molar-refractivity contribution in [1.29, 1.82) is 0 Å². The minimum atomic E-state index is 0.255. The largest absolute Gasteiger partial charge is 0.506 e. The third-order valence-electron chi connectivity index (χ3n) is 3.96. The lowest BCUT2D eigenvalue weighted by Crippen LogP contribution is -2.39. The quantitative estimate of drug-likeness (QED) is 0.897. The number of nitrogens with zero attached hydrogens (tertiary/aromatic N) is 4. The molecule has 0 bridgehead atoms. The highest BCUT2D eigenvalue weighted by Crippen LogP contribution is 2.27. The van der Waals surface area contributed by atoms with Gasteiger partial charge >= 0.3 is 0 Å². The summed E-state index contributed by atoms with van der Waals surface area (Å²) in [5.41, 5.74) is 0.800. The Morgan fingerprint density at radius 2 is 2.16 bits per heavy atom. The van der Waals surface area contributed by atoms with Gasteiger partial charge in [-0.1, -0.05) is 0 Å². The summed E-state index contributed by atoms with van der Waals surface area (Å²) in [6.45, 7) is 6.65. The molecule has 5 nitrogen and oxygen atoms in total. The zero-order valence-electron chi connectivity index (χ0n) is 11.5. The summed E-state index contributed by atoms with van der Waals surface area (Å²) in [5, 5.41) is 18.1. The predicted molar refractivity (Wildman–Crippen MR) is 73.3 cm³/mol. The molecule has 19 heavy (non-hydrogen) atoms. The van der Waals surface area contributed by atoms with E-state index in [-0.39, 0.29) is 5.75 Å². The lowest BCUT2D eigenvalue weighted by Gasteiger charge is -2.34. The highest BCUT2D eigenvalue weighted by Gasteiger charge is 2.26. The molecule has 0 aliphatic carbocycles. The van der Waals surface area contributed by atoms with E-state index in [1.807, 2.05) is 4.40 Å². The summed E-state index contributed by atoms with van der Waals surface area (Å²) in [6.07, 6.45) is 4.04. The van der Waals surface area contributed by atoms with Crippen molar-refractivity contribution in [3.05, 3.63) is 24.2 Å². The van der Waals surface area contributed by atoms with E-state index < -0.39 is 0 Å². The summed E-state index contributed by atoms with van der Waals surface area (Å²) in [7, 11) is 0. The Morgan fingerprint density at radius 1 is 1.32 bits per heavy atom. The maximum absolute atomic E-state index is 9.62. The van der Waals surface area contributed by atoms with Crippen LogP contribution in [0.2, 0.25) is 0 Å². The van der Waals surface area contributed by atoms with Gasteiger partial charge in [0.1, 0.15) is 11.6 Å². The molecule has 1 aliphatic heterocycles. The molecule has 5 heteroatoms. The molecule has 1 atom stereocenters. The van der Waals surface area contributed by atoms with Crippen LogP contribution in [0.5, 0.6) is 5.75 Å². The molecule has 3 rings (SSSR count). The molecular weight excluding hydrogens is 240 g/mol. The van der Waals surface area contributed by atoms with Gasteiger partial charge in [0.05, 0.1) is 6.20 Å². The molecule has 0 aromatic carbocycles. The second kappa shape index (κ2) is 4.81. The van der Waals surface area contributed by atoms with Crippen LogP contribution in [0.3, 0.4) is 0 Å². The van der Waals surface area contributed by atoms with Crippen LogP contribution in [0.1, 0.15) is 38.4 Å². The van der Waals surface area contributed by atoms with E-state index in [9.17, 15) is 5.11 Å². The maximum atomic E-state index is 9.62. The number of aromatic hydroxyl groups is 1. The summed E-state index contributed by atoms with van der Waals surface area (Å²) >= 11 is 0. The van der Waals surface area contributed by atoms with Crippen LogP contribution in [0.25, 0.3) is 5.65 Å². The lowest BCUT2D eigenvalue weighted by molar-refractivity contribution is 0.164. The number of piperidine rings is 1. The molecule has 1 aliphatic rings. The SMILES string of the molecule is CC(C)N1CCCC(c2nnc3ccc(O)cn23)C1. The molecular formula is C14H20N4O. The van der Waals surface area contributed by atoms with Crippen molar-refractivity contribution in [3.63, 3.8) is 0 Å². The van der Waals surface area contributed by atoms with Gasteiger partial charge in [0, 0.05) is 18.5 Å². The summed E-state index contributed by atoms with van der Waals surface area (Å²) in [5.74, 6) is 1.62. The third-order valence-corrected chi connectivity index (χ3v) is 3.96. The number of fused-ring (bicyclic) bond motifs is 1. The second-order valence-electron chi connectivity index (χ2n) is 5.60. The molecule has 1 fully saturated rings. The van der Waals surface area contributed by atoms with Gasteiger partial charge in [0.25, 0.3) is 0 Å². The van der Waals surface area contributed by atoms with Gasteiger partial charge in [-0.3, -0.25) is 4.40 Å². The zero-order valence-corrected chi connectivity index (χ0v) is 11.5. The highest BCUT2D eigenvalue weighted by molar-refractivity contribution is 5.41. The van der Waals surface area contributed by atoms with Gasteiger partial charge in [0.15, 0.2) is 5.65 Å². The fourth-order valence-electron chi connectivity index (χ4n) is 2.86. The van der Waals surface area contributed by atoms with E-state index in [1.165, 1.54) is 6.42 Å². The maximum Gasteiger partial charge on any atom is 0.161 e. The number of hydrogen-bond acceptors (Lipinski definition) is 4. The normalized spacial score (nSPS) is 21.3. The zero-order chi connectivity index (χ0) is 13.4. The second-order valence-corrected chi connectivity index (χ2v) is 5.60. The van der Waals surface area contributed by atoms with Crippen molar-refractivity contribution >= 4 is 5.65 Å². The monoisotopic (exact) mass is 260 g/mol.